The van der Waals surface area contributed by atoms with Gasteiger partial charge in [-0.1, -0.05) is 123 Å². The number of aliphatic hydroxyl groups is 2. The number of aliphatic hydroxyl groups excluding tert-OH is 2. The van der Waals surface area contributed by atoms with E-state index in [9.17, 15) is 43.8 Å². The fraction of sp³-hybridized carbons (Fsp3) is 0.516. The zero-order valence-electron chi connectivity index (χ0n) is 47.8. The van der Waals surface area contributed by atoms with Gasteiger partial charge in [0.15, 0.2) is 0 Å². The third-order valence-corrected chi connectivity index (χ3v) is 17.5. The normalized spacial score (nSPS) is 20.5. The molecule has 82 heavy (non-hydrogen) atoms. The molecule has 7 amide bonds. The quantitative estimate of drug-likeness (QED) is 0.0517. The number of hydrogen-bond acceptors (Lipinski definition) is 11. The first-order valence-electron chi connectivity index (χ1n) is 29.8. The van der Waals surface area contributed by atoms with Crippen molar-refractivity contribution in [2.75, 3.05) is 59.4 Å². The lowest BCUT2D eigenvalue weighted by atomic mass is 9.83. The van der Waals surface area contributed by atoms with Gasteiger partial charge in [0.25, 0.3) is 11.8 Å². The highest BCUT2D eigenvalue weighted by molar-refractivity contribution is 5.98. The van der Waals surface area contributed by atoms with Crippen LogP contribution in [0.4, 0.5) is 0 Å². The Morgan fingerprint density at radius 3 is 1.40 bits per heavy atom. The van der Waals surface area contributed by atoms with Crippen LogP contribution in [0.25, 0.3) is 11.1 Å². The molecule has 0 unspecified atom stereocenters. The van der Waals surface area contributed by atoms with Crippen LogP contribution in [0, 0.1) is 11.8 Å². The molecule has 0 aromatic heterocycles. The maximum absolute atomic E-state index is 14.5. The summed E-state index contributed by atoms with van der Waals surface area (Å²) in [4.78, 5) is 103. The molecule has 8 rings (SSSR count). The lowest BCUT2D eigenvalue weighted by Crippen LogP contribution is -2.59. The summed E-state index contributed by atoms with van der Waals surface area (Å²) in [6.07, 6.45) is 9.71. The van der Waals surface area contributed by atoms with Crippen molar-refractivity contribution in [2.24, 2.45) is 17.6 Å². The van der Waals surface area contributed by atoms with Crippen molar-refractivity contribution in [3.63, 3.8) is 0 Å². The number of likely N-dealkylation sites (tertiary alicyclic amines) is 2. The van der Waals surface area contributed by atoms with Gasteiger partial charge in [-0.15, -0.1) is 0 Å². The molecule has 0 bridgehead atoms. The molecule has 4 aromatic rings. The predicted octanol–water partition coefficient (Wildman–Crippen LogP) is 4.46. The second kappa shape index (κ2) is 29.8. The van der Waals surface area contributed by atoms with E-state index in [-0.39, 0.29) is 80.6 Å². The van der Waals surface area contributed by atoms with E-state index in [1.807, 2.05) is 60.7 Å². The average molecular weight is 1120 g/mol. The number of rotatable bonds is 24. The molecule has 4 fully saturated rings. The fourth-order valence-electron chi connectivity index (χ4n) is 12.3. The molecule has 2 heterocycles. The summed E-state index contributed by atoms with van der Waals surface area (Å²) >= 11 is 0. The molecule has 0 radical (unpaired) electrons. The molecule has 2 saturated carbocycles. The Balaban J connectivity index is 0.866. The van der Waals surface area contributed by atoms with Gasteiger partial charge in [0.05, 0.1) is 49.5 Å². The lowest BCUT2D eigenvalue weighted by molar-refractivity contribution is -0.142. The largest absolute Gasteiger partial charge is 0.391 e. The maximum Gasteiger partial charge on any atom is 0.251 e. The molecule has 4 aliphatic rings. The second-order valence-corrected chi connectivity index (χ2v) is 22.9. The van der Waals surface area contributed by atoms with Crippen LogP contribution in [-0.2, 0) is 36.8 Å². The third kappa shape index (κ3) is 16.2. The van der Waals surface area contributed by atoms with Gasteiger partial charge in [0.2, 0.25) is 29.5 Å². The highest BCUT2D eigenvalue weighted by Gasteiger charge is 2.44. The average Bonchev–Trinajstić information content (AvgIpc) is 4.31. The SMILES string of the molecule is CN[C@@H](C)C(=O)N[C@H](C(=O)N1CC[C@H](O)[C@H]1CN(CCc1ccccc1)C(=O)CNC(=O)c1ccc(-c2ccc(C(=O)NCC(=O)N(CCc3ccccc3)C[C@@H]3[C@@H](O)CCN3C(=O)[C@@H](N)C3CCCCC3)cc2)cc1)C1CCCCC1. The zero-order chi connectivity index (χ0) is 58.1. The summed E-state index contributed by atoms with van der Waals surface area (Å²) in [5.74, 6) is -2.29. The van der Waals surface area contributed by atoms with E-state index in [0.29, 0.717) is 49.9 Å². The van der Waals surface area contributed by atoms with E-state index < -0.39 is 54.2 Å². The summed E-state index contributed by atoms with van der Waals surface area (Å²) in [6.45, 7) is 2.51. The Kier molecular flexibility index (Phi) is 22.2. The molecular formula is C64H85N9O9. The summed E-state index contributed by atoms with van der Waals surface area (Å²) in [6, 6.07) is 29.9. The number of likely N-dealkylation sites (N-methyl/N-ethyl adjacent to an activating group) is 1. The Morgan fingerprint density at radius 1 is 0.561 bits per heavy atom. The Labute approximate surface area is 482 Å². The summed E-state index contributed by atoms with van der Waals surface area (Å²) < 4.78 is 0. The summed E-state index contributed by atoms with van der Waals surface area (Å²) in [5.41, 5.74) is 10.8. The molecule has 2 aliphatic heterocycles. The Morgan fingerprint density at radius 2 is 0.976 bits per heavy atom. The van der Waals surface area contributed by atoms with Crippen molar-refractivity contribution in [2.45, 2.75) is 139 Å². The van der Waals surface area contributed by atoms with E-state index >= 15 is 0 Å². The first-order valence-corrected chi connectivity index (χ1v) is 29.8. The number of benzene rings is 4. The smallest absolute Gasteiger partial charge is 0.251 e. The van der Waals surface area contributed by atoms with Gasteiger partial charge in [-0.05, 0) is 124 Å². The molecule has 18 heteroatoms. The van der Waals surface area contributed by atoms with Crippen molar-refractivity contribution in [1.82, 2.24) is 40.9 Å². The van der Waals surface area contributed by atoms with Crippen LogP contribution >= 0.6 is 0 Å². The van der Waals surface area contributed by atoms with Crippen LogP contribution < -0.4 is 27.0 Å². The van der Waals surface area contributed by atoms with Crippen LogP contribution in [0.5, 0.6) is 0 Å². The van der Waals surface area contributed by atoms with Crippen molar-refractivity contribution in [1.29, 1.82) is 0 Å². The molecule has 7 atom stereocenters. The van der Waals surface area contributed by atoms with Crippen LogP contribution in [0.1, 0.15) is 116 Å². The first-order chi connectivity index (χ1) is 39.7. The topological polar surface area (TPSA) is 247 Å². The van der Waals surface area contributed by atoms with Gasteiger partial charge in [-0.25, -0.2) is 0 Å². The van der Waals surface area contributed by atoms with Crippen molar-refractivity contribution >= 4 is 41.4 Å². The number of nitrogens with two attached hydrogens (primary N) is 1. The van der Waals surface area contributed by atoms with Crippen LogP contribution in [0.2, 0.25) is 0 Å². The van der Waals surface area contributed by atoms with Crippen LogP contribution in [0.3, 0.4) is 0 Å². The monoisotopic (exact) mass is 1120 g/mol. The highest BCUT2D eigenvalue weighted by atomic mass is 16.3. The number of carbonyl (C=O) groups excluding carboxylic acids is 7. The molecule has 18 nitrogen and oxygen atoms in total. The second-order valence-electron chi connectivity index (χ2n) is 22.9. The third-order valence-electron chi connectivity index (χ3n) is 17.5. The fourth-order valence-corrected chi connectivity index (χ4v) is 12.3. The standard InChI is InChI=1S/C64H85N9O9/c1-43(66-2)60(78)69-59(49-21-13-6-14-22-49)64(82)73-38-34-55(75)53(73)42-71(36-32-45-17-9-4-10-18-45)57(77)40-68-62(80)51-29-25-47(26-30-51)46-23-27-50(28-24-46)61(79)67-39-56(76)70(35-31-44-15-7-3-8-16-44)41-52-54(74)33-37-72(52)63(81)58(65)48-19-11-5-12-20-48/h3-4,7-10,15-18,23-30,43,48-49,52-55,58-59,66,74-75H,5-6,11-14,19-22,31-42,65H2,1-2H3,(H,67,79)(H,68,80)(H,69,78)/t43-,52+,53+,54-,55-,58-,59-/m0/s1. The Hall–Kier alpha value is -6.99. The van der Waals surface area contributed by atoms with Gasteiger partial charge in [-0.3, -0.25) is 33.6 Å². The number of nitrogens with zero attached hydrogens (tertiary/aromatic N) is 4. The summed E-state index contributed by atoms with van der Waals surface area (Å²) in [7, 11) is 1.69. The maximum atomic E-state index is 14.5. The minimum Gasteiger partial charge on any atom is -0.391 e. The van der Waals surface area contributed by atoms with Gasteiger partial charge < -0.3 is 56.8 Å². The lowest BCUT2D eigenvalue weighted by Gasteiger charge is -2.37. The van der Waals surface area contributed by atoms with E-state index in [0.717, 1.165) is 86.5 Å². The highest BCUT2D eigenvalue weighted by Crippen LogP contribution is 2.31. The van der Waals surface area contributed by atoms with E-state index in [2.05, 4.69) is 21.3 Å². The zero-order valence-corrected chi connectivity index (χ0v) is 47.8. The van der Waals surface area contributed by atoms with Crippen LogP contribution in [0.15, 0.2) is 109 Å². The Bertz CT molecular complexity index is 2760. The van der Waals surface area contributed by atoms with Crippen molar-refractivity contribution < 1.29 is 43.8 Å². The number of hydrogen-bond donors (Lipinski definition) is 7. The minimum absolute atomic E-state index is 0.0411. The molecule has 4 aromatic carbocycles. The molecule has 2 saturated heterocycles. The van der Waals surface area contributed by atoms with Crippen molar-refractivity contribution in [3.05, 3.63) is 131 Å². The number of nitrogens with one attached hydrogen (secondary N) is 4. The van der Waals surface area contributed by atoms with E-state index in [4.69, 9.17) is 5.73 Å². The van der Waals surface area contributed by atoms with E-state index in [1.54, 1.807) is 82.1 Å². The molecule has 0 spiro atoms. The van der Waals surface area contributed by atoms with Gasteiger partial charge in [0.1, 0.15) is 6.04 Å². The number of carbonyl (C=O) groups is 7. The van der Waals surface area contributed by atoms with Crippen LogP contribution in [-0.4, -0.2) is 173 Å². The predicted molar refractivity (Wildman–Crippen MR) is 314 cm³/mol. The first kappa shape index (κ1) is 61.1. The van der Waals surface area contributed by atoms with Gasteiger partial charge in [0, 0.05) is 50.4 Å². The molecular weight excluding hydrogens is 1040 g/mol. The number of amides is 7. The van der Waals surface area contributed by atoms with Gasteiger partial charge >= 0.3 is 0 Å². The molecule has 8 N–H and O–H groups in total. The molecule has 440 valence electrons. The minimum atomic E-state index is -0.897. The van der Waals surface area contributed by atoms with Crippen molar-refractivity contribution in [3.8, 4) is 11.1 Å². The summed E-state index contributed by atoms with van der Waals surface area (Å²) in [5, 5.41) is 34.1. The van der Waals surface area contributed by atoms with Gasteiger partial charge in [-0.2, -0.15) is 0 Å². The molecule has 2 aliphatic carbocycles. The van der Waals surface area contributed by atoms with E-state index in [1.165, 1.54) is 0 Å².